The summed E-state index contributed by atoms with van der Waals surface area (Å²) in [6.07, 6.45) is 0.697. The molecule has 0 aliphatic rings. The normalized spacial score (nSPS) is 13.0. The molecule has 0 bridgehead atoms. The fraction of sp³-hybridized carbons (Fsp3) is 1.00. The molecular weight excluding hydrogens is 157 g/mol. The summed E-state index contributed by atoms with van der Waals surface area (Å²) >= 11 is 0. The molecule has 2 nitrogen and oxygen atoms in total. The van der Waals surface area contributed by atoms with Crippen molar-refractivity contribution in [3.8, 4) is 0 Å². The molecule has 0 fully saturated rings. The first kappa shape index (κ1) is 11.2. The molecule has 0 spiro atoms. The third-order valence-electron chi connectivity index (χ3n) is 2.23. The quantitative estimate of drug-likeness (QED) is 0.668. The Labute approximate surface area is 69.9 Å². The van der Waals surface area contributed by atoms with Gasteiger partial charge in [0.05, 0.1) is 7.14 Å². The molecule has 0 rings (SSSR count). The zero-order valence-corrected chi connectivity index (χ0v) is 8.90. The van der Waals surface area contributed by atoms with Crippen LogP contribution in [0.1, 0.15) is 27.7 Å². The van der Waals surface area contributed by atoms with Crippen LogP contribution in [0.3, 0.4) is 0 Å². The molecule has 0 aromatic rings. The van der Waals surface area contributed by atoms with Gasteiger partial charge in [0.25, 0.3) is 0 Å². The van der Waals surface area contributed by atoms with Crippen LogP contribution in [0.2, 0.25) is 0 Å². The summed E-state index contributed by atoms with van der Waals surface area (Å²) in [7, 11) is -1.99. The van der Waals surface area contributed by atoms with E-state index in [2.05, 4.69) is 0 Å². The van der Waals surface area contributed by atoms with Crippen molar-refractivity contribution in [3.63, 3.8) is 0 Å². The summed E-state index contributed by atoms with van der Waals surface area (Å²) in [5.41, 5.74) is 5.98. The van der Waals surface area contributed by atoms with Crippen molar-refractivity contribution in [2.45, 2.75) is 39.0 Å². The third-order valence-corrected chi connectivity index (χ3v) is 6.68. The minimum absolute atomic E-state index is 0.283. The van der Waals surface area contributed by atoms with Crippen LogP contribution in [0, 0.1) is 0 Å². The van der Waals surface area contributed by atoms with E-state index in [-0.39, 0.29) is 11.3 Å². The summed E-state index contributed by atoms with van der Waals surface area (Å²) in [6.45, 7) is 8.65. The van der Waals surface area contributed by atoms with E-state index in [4.69, 9.17) is 5.73 Å². The Morgan fingerprint density at radius 2 is 1.55 bits per heavy atom. The monoisotopic (exact) mass is 177 g/mol. The van der Waals surface area contributed by atoms with Crippen molar-refractivity contribution in [2.24, 2.45) is 5.73 Å². The van der Waals surface area contributed by atoms with Crippen molar-refractivity contribution in [3.05, 3.63) is 0 Å². The Morgan fingerprint density at radius 1 is 1.18 bits per heavy atom. The van der Waals surface area contributed by atoms with Crippen LogP contribution in [0.4, 0.5) is 0 Å². The van der Waals surface area contributed by atoms with Crippen LogP contribution < -0.4 is 5.73 Å². The zero-order valence-electron chi connectivity index (χ0n) is 8.00. The minimum atomic E-state index is -1.99. The van der Waals surface area contributed by atoms with E-state index in [1.807, 2.05) is 27.7 Å². The van der Waals surface area contributed by atoms with E-state index >= 15 is 0 Å². The average molecular weight is 177 g/mol. The molecule has 0 atom stereocenters. The lowest BCUT2D eigenvalue weighted by Crippen LogP contribution is -2.16. The lowest BCUT2D eigenvalue weighted by atomic mass is 10.5. The third kappa shape index (κ3) is 2.61. The van der Waals surface area contributed by atoms with Crippen LogP contribution in [-0.2, 0) is 4.57 Å². The maximum atomic E-state index is 12.1. The Bertz CT molecular complexity index is 142. The molecule has 0 saturated heterocycles. The van der Waals surface area contributed by atoms with Crippen LogP contribution >= 0.6 is 7.14 Å². The van der Waals surface area contributed by atoms with Gasteiger partial charge in [0, 0.05) is 17.5 Å². The van der Waals surface area contributed by atoms with Crippen molar-refractivity contribution < 1.29 is 4.57 Å². The van der Waals surface area contributed by atoms with Crippen LogP contribution in [0.15, 0.2) is 0 Å². The Morgan fingerprint density at radius 3 is 1.64 bits per heavy atom. The SMILES string of the molecule is CC(C)P(=O)(CCN)C(C)C. The Hall–Kier alpha value is 0.190. The first-order valence-electron chi connectivity index (χ1n) is 4.23. The lowest BCUT2D eigenvalue weighted by Gasteiger charge is -2.25. The molecule has 11 heavy (non-hydrogen) atoms. The first-order chi connectivity index (χ1) is 4.95. The standard InChI is InChI=1S/C8H20NOP/c1-7(2)11(10,6-5-9)8(3)4/h7-8H,5-6,9H2,1-4H3. The minimum Gasteiger partial charge on any atom is -0.330 e. The average Bonchev–Trinajstić information content (AvgIpc) is 1.87. The zero-order chi connectivity index (χ0) is 9.07. The molecule has 0 saturated carbocycles. The summed E-state index contributed by atoms with van der Waals surface area (Å²) in [5, 5.41) is 0. The maximum Gasteiger partial charge on any atom is 0.0937 e. The maximum absolute atomic E-state index is 12.1. The smallest absolute Gasteiger partial charge is 0.0937 e. The molecule has 3 heteroatoms. The van der Waals surface area contributed by atoms with Gasteiger partial charge in [-0.2, -0.15) is 0 Å². The lowest BCUT2D eigenvalue weighted by molar-refractivity contribution is 0.561. The molecule has 0 unspecified atom stereocenters. The summed E-state index contributed by atoms with van der Waals surface area (Å²) in [4.78, 5) is 0. The van der Waals surface area contributed by atoms with Crippen LogP contribution in [0.5, 0.6) is 0 Å². The molecule has 0 radical (unpaired) electrons. The molecule has 0 aliphatic heterocycles. The van der Waals surface area contributed by atoms with E-state index in [0.29, 0.717) is 12.7 Å². The van der Waals surface area contributed by atoms with E-state index < -0.39 is 7.14 Å². The Balaban J connectivity index is 4.40. The van der Waals surface area contributed by atoms with Crippen LogP contribution in [-0.4, -0.2) is 24.0 Å². The van der Waals surface area contributed by atoms with Crippen molar-refractivity contribution in [2.75, 3.05) is 12.7 Å². The molecule has 0 amide bonds. The highest BCUT2D eigenvalue weighted by atomic mass is 31.2. The van der Waals surface area contributed by atoms with Gasteiger partial charge < -0.3 is 10.3 Å². The molecular formula is C8H20NOP. The predicted octanol–water partition coefficient (Wildman–Crippen LogP) is 2.12. The number of nitrogens with two attached hydrogens (primary N) is 1. The van der Waals surface area contributed by atoms with Gasteiger partial charge in [-0.15, -0.1) is 0 Å². The second kappa shape index (κ2) is 4.27. The van der Waals surface area contributed by atoms with Crippen molar-refractivity contribution in [1.82, 2.24) is 0 Å². The highest BCUT2D eigenvalue weighted by molar-refractivity contribution is 7.65. The molecule has 0 aliphatic carbocycles. The van der Waals surface area contributed by atoms with E-state index in [0.717, 1.165) is 0 Å². The predicted molar refractivity (Wildman–Crippen MR) is 51.8 cm³/mol. The number of hydrogen-bond donors (Lipinski definition) is 1. The summed E-state index contributed by atoms with van der Waals surface area (Å²) in [5.74, 6) is 0. The summed E-state index contributed by atoms with van der Waals surface area (Å²) < 4.78 is 12.1. The van der Waals surface area contributed by atoms with E-state index in [1.165, 1.54) is 0 Å². The fourth-order valence-corrected chi connectivity index (χ4v) is 3.94. The topological polar surface area (TPSA) is 43.1 Å². The molecule has 68 valence electrons. The second-order valence-electron chi connectivity index (χ2n) is 3.55. The number of hydrogen-bond acceptors (Lipinski definition) is 2. The van der Waals surface area contributed by atoms with Gasteiger partial charge in [-0.3, -0.25) is 0 Å². The molecule has 2 N–H and O–H groups in total. The second-order valence-corrected chi connectivity index (χ2v) is 7.77. The highest BCUT2D eigenvalue weighted by Gasteiger charge is 2.28. The van der Waals surface area contributed by atoms with Gasteiger partial charge in [-0.05, 0) is 6.54 Å². The highest BCUT2D eigenvalue weighted by Crippen LogP contribution is 2.54. The van der Waals surface area contributed by atoms with Gasteiger partial charge in [-0.25, -0.2) is 0 Å². The van der Waals surface area contributed by atoms with E-state index in [9.17, 15) is 4.57 Å². The molecule has 0 aromatic carbocycles. The number of rotatable bonds is 4. The van der Waals surface area contributed by atoms with Crippen LogP contribution in [0.25, 0.3) is 0 Å². The van der Waals surface area contributed by atoms with Gasteiger partial charge in [0.1, 0.15) is 0 Å². The Kier molecular flexibility index (Phi) is 4.35. The largest absolute Gasteiger partial charge is 0.330 e. The summed E-state index contributed by atoms with van der Waals surface area (Å²) in [6, 6.07) is 0. The van der Waals surface area contributed by atoms with Crippen molar-refractivity contribution in [1.29, 1.82) is 0 Å². The van der Waals surface area contributed by atoms with Crippen molar-refractivity contribution >= 4 is 7.14 Å². The van der Waals surface area contributed by atoms with Gasteiger partial charge in [0.2, 0.25) is 0 Å². The first-order valence-corrected chi connectivity index (χ1v) is 6.26. The van der Waals surface area contributed by atoms with Gasteiger partial charge >= 0.3 is 0 Å². The van der Waals surface area contributed by atoms with E-state index in [1.54, 1.807) is 0 Å². The van der Waals surface area contributed by atoms with Gasteiger partial charge in [0.15, 0.2) is 0 Å². The van der Waals surface area contributed by atoms with Gasteiger partial charge in [-0.1, -0.05) is 27.7 Å². The fourth-order valence-electron chi connectivity index (χ4n) is 1.31. The molecule has 0 aromatic heterocycles. The molecule has 0 heterocycles.